The highest BCUT2D eigenvalue weighted by molar-refractivity contribution is 6.01. The van der Waals surface area contributed by atoms with Crippen LogP contribution in [0.25, 0.3) is 11.1 Å². The second-order valence-electron chi connectivity index (χ2n) is 44.8. The lowest BCUT2D eigenvalue weighted by atomic mass is 9.56. The fraction of sp³-hybridized carbons (Fsp3) is 0.708. The molecule has 12 bridgehead atoms. The summed E-state index contributed by atoms with van der Waals surface area (Å²) in [7, 11) is 0. The van der Waals surface area contributed by atoms with E-state index in [2.05, 4.69) is 152 Å². The summed E-state index contributed by atoms with van der Waals surface area (Å²) in [5.41, 5.74) is 17.0. The number of benzene rings is 5. The maximum Gasteiger partial charge on any atom is 0.163 e. The van der Waals surface area contributed by atoms with Crippen molar-refractivity contribution in [2.75, 3.05) is 6.54 Å². The van der Waals surface area contributed by atoms with E-state index in [-0.39, 0.29) is 0 Å². The molecule has 1 N–H and O–H groups in total. The second kappa shape index (κ2) is 72.6. The standard InChI is InChI=1S/C14H12.C11H20.C11H18.C10H10O.C10H16.C10H18.C10H12.C9H17N.C9H11N.C9H10.2C7H12.C6H10.7C2H6/c1-10-11-6-2-4-8-13(11)14-9-5-3-7-12(10)14;2*1-4-10-6-2-7-11(5-1)9-3-8-10;1-7-6-10(11)9-5-3-2-4-8(7)9;1-7-2-9-4-8(1)5-10(3-7)6-9;2*1-2-6-10-8-4-3-7-9(10)5-1;2*1-2-6-9-8(4-1)5-3-7-10-9;1-2-5-9-7-3-6-8(9)4-1;1-2-7-4-3-6(1)5-7;1-2-6-4-7(3-1)5-6;1-2-4-6-5-3-1;7*1-2/h2-10H,1H3;10-11H,1-9H2;1,4,10-11H,2-3,5-9H2;2-5,7H,6H2,1H3;7-10H,1-6H2;9-10H,1-8H2;1-2,5-6H,3-4,7-8H2;8-10H,1-7H2;3,5,7H,1-2,4,6H2;1-2,4-5H,3,6-7H2;2*6-7H,1-5H2;1-2H,3-6H2;7*1-2H3. The first-order valence-electron chi connectivity index (χ1n) is 62.1. The Bertz CT molecular complexity index is 3770. The van der Waals surface area contributed by atoms with Gasteiger partial charge in [0, 0.05) is 35.8 Å². The molecule has 16 saturated carbocycles. The molecule has 3 heteroatoms. The fourth-order valence-electron chi connectivity index (χ4n) is 28.6. The van der Waals surface area contributed by atoms with Gasteiger partial charge in [0.1, 0.15) is 0 Å². The molecule has 0 amide bonds. The third-order valence-corrected chi connectivity index (χ3v) is 35.6. The van der Waals surface area contributed by atoms with Crippen molar-refractivity contribution in [2.45, 2.75) is 527 Å². The Morgan fingerprint density at radius 3 is 1.00 bits per heavy atom. The predicted octanol–water partition coefficient (Wildman–Crippen LogP) is 42.0. The molecule has 0 radical (unpaired) electrons. The van der Waals surface area contributed by atoms with Gasteiger partial charge in [-0.15, -0.1) is 0 Å². The number of pyridine rings is 1. The maximum atomic E-state index is 11.3. The highest BCUT2D eigenvalue weighted by Crippen LogP contribution is 2.54. The molecule has 6 aromatic rings. The fourth-order valence-corrected chi connectivity index (χ4v) is 28.6. The first-order chi connectivity index (χ1) is 69.2. The van der Waals surface area contributed by atoms with Crippen LogP contribution in [0, 0.1) is 88.8 Å². The summed E-state index contributed by atoms with van der Waals surface area (Å²) < 4.78 is 0. The van der Waals surface area contributed by atoms with Gasteiger partial charge in [-0.3, -0.25) is 9.78 Å². The number of piperidine rings is 1. The number of fused-ring (bicyclic) bond motifs is 24. The van der Waals surface area contributed by atoms with Gasteiger partial charge in [0.15, 0.2) is 5.78 Å². The number of aryl methyl sites for hydroxylation is 6. The van der Waals surface area contributed by atoms with E-state index in [1.165, 1.54) is 324 Å². The molecule has 0 spiro atoms. The minimum Gasteiger partial charge on any atom is -0.314 e. The van der Waals surface area contributed by atoms with Crippen molar-refractivity contribution in [3.05, 3.63) is 220 Å². The quantitative estimate of drug-likeness (QED) is 0.154. The Morgan fingerprint density at radius 1 is 0.264 bits per heavy atom. The molecule has 1 aliphatic heterocycles. The van der Waals surface area contributed by atoms with Gasteiger partial charge in [0.2, 0.25) is 0 Å². The molecule has 784 valence electrons. The average molecular weight is 1910 g/mol. The summed E-state index contributed by atoms with van der Waals surface area (Å²) in [6.45, 7) is 33.7. The van der Waals surface area contributed by atoms with Crippen LogP contribution in [0.1, 0.15) is 543 Å². The number of Topliss-reactive ketones (excluding diaryl/α,β-unsaturated/α-hetero) is 1. The first-order valence-corrected chi connectivity index (χ1v) is 62.1. The number of carbonyl (C=O) groups is 1. The lowest BCUT2D eigenvalue weighted by Gasteiger charge is -2.49. The summed E-state index contributed by atoms with van der Waals surface area (Å²) in [6, 6.07) is 48.0. The Hall–Kier alpha value is -5.64. The first kappa shape index (κ1) is 120. The third kappa shape index (κ3) is 41.6. The summed E-state index contributed by atoms with van der Waals surface area (Å²) in [4.78, 5) is 15.6. The molecule has 24 aliphatic carbocycles. The van der Waals surface area contributed by atoms with E-state index < -0.39 is 0 Å². The smallest absolute Gasteiger partial charge is 0.163 e. The van der Waals surface area contributed by atoms with Gasteiger partial charge in [0.05, 0.1) is 0 Å². The van der Waals surface area contributed by atoms with Crippen LogP contribution in [0.2, 0.25) is 0 Å². The van der Waals surface area contributed by atoms with Gasteiger partial charge in [-0.1, -0.05) is 455 Å². The minimum absolute atomic E-state index is 0.299. The largest absolute Gasteiger partial charge is 0.314 e. The summed E-state index contributed by atoms with van der Waals surface area (Å²) in [5, 5.41) is 3.62. The van der Waals surface area contributed by atoms with E-state index in [1.807, 2.05) is 133 Å². The molecule has 1 aromatic heterocycles. The predicted molar refractivity (Wildman–Crippen MR) is 618 cm³/mol. The van der Waals surface area contributed by atoms with Gasteiger partial charge in [-0.05, 0) is 362 Å². The maximum absolute atomic E-state index is 11.3. The van der Waals surface area contributed by atoms with Crippen molar-refractivity contribution < 1.29 is 4.79 Å². The van der Waals surface area contributed by atoms with Crippen molar-refractivity contribution >= 4 is 5.78 Å². The van der Waals surface area contributed by atoms with E-state index in [4.69, 9.17) is 0 Å². The molecule has 31 rings (SSSR count). The van der Waals surface area contributed by atoms with Crippen molar-refractivity contribution in [2.24, 2.45) is 88.8 Å². The number of rotatable bonds is 0. The van der Waals surface area contributed by atoms with Crippen molar-refractivity contribution in [3.63, 3.8) is 0 Å². The van der Waals surface area contributed by atoms with Crippen LogP contribution in [0.5, 0.6) is 0 Å². The van der Waals surface area contributed by atoms with E-state index in [0.29, 0.717) is 24.0 Å². The lowest BCUT2D eigenvalue weighted by molar-refractivity contribution is 0.0198. The number of ketones is 1. The van der Waals surface area contributed by atoms with Crippen LogP contribution >= 0.6 is 0 Å². The van der Waals surface area contributed by atoms with Crippen LogP contribution in [0.15, 0.2) is 164 Å². The van der Waals surface area contributed by atoms with Gasteiger partial charge < -0.3 is 5.32 Å². The van der Waals surface area contributed by atoms with Crippen molar-refractivity contribution in [3.8, 4) is 11.1 Å². The third-order valence-electron chi connectivity index (χ3n) is 35.6. The minimum atomic E-state index is 0.299. The number of nitrogens with one attached hydrogen (secondary N) is 1. The Labute approximate surface area is 867 Å². The SMILES string of the molecule is C1=CC2CCCC(C1)CCC2.C1=CCCCC1.C1C2CC3CC1CC(C2)C3.C1CC2CC(C1)C2.C1CC2CCC1C2.C1CC2CCCC(C1)CCC2.C1CCC2CCCCC2C1.C1CCC2NCCCC2C1.CC.CC.CC.CC.CC.CC.CC.CC1CC(=O)c2ccccc21.CC1c2ccccc2-c2ccccc21.c1ccc2c(c1)CCC2.c1ccc2c(c1)CCCC2.c1cnc2c(c1)CCCC2. The number of allylic oxidation sites excluding steroid dienone is 4. The van der Waals surface area contributed by atoms with E-state index in [1.54, 1.807) is 183 Å². The molecule has 5 aromatic carbocycles. The highest BCUT2D eigenvalue weighted by atomic mass is 16.1. The topological polar surface area (TPSA) is 42.0 Å². The molecular formula is C137H220N2O. The van der Waals surface area contributed by atoms with Crippen LogP contribution < -0.4 is 5.32 Å². The van der Waals surface area contributed by atoms with E-state index in [9.17, 15) is 4.79 Å². The molecular weight excluding hydrogens is 1690 g/mol. The van der Waals surface area contributed by atoms with Crippen LogP contribution in [-0.2, 0) is 38.5 Å². The van der Waals surface area contributed by atoms with Crippen LogP contribution in [-0.4, -0.2) is 23.4 Å². The van der Waals surface area contributed by atoms with Gasteiger partial charge in [-0.2, -0.15) is 0 Å². The number of aromatic nitrogens is 1. The lowest BCUT2D eigenvalue weighted by Crippen LogP contribution is -2.42. The van der Waals surface area contributed by atoms with E-state index >= 15 is 0 Å². The Morgan fingerprint density at radius 2 is 0.607 bits per heavy atom. The summed E-state index contributed by atoms with van der Waals surface area (Å²) >= 11 is 0. The summed E-state index contributed by atoms with van der Waals surface area (Å²) in [5.74, 6) is 18.3. The van der Waals surface area contributed by atoms with Gasteiger partial charge in [-0.25, -0.2) is 0 Å². The molecule has 25 aliphatic rings. The number of carbonyl (C=O) groups excluding carboxylic acids is 1. The van der Waals surface area contributed by atoms with Gasteiger partial charge in [0.25, 0.3) is 0 Å². The van der Waals surface area contributed by atoms with E-state index in [0.717, 1.165) is 53.0 Å². The van der Waals surface area contributed by atoms with Crippen molar-refractivity contribution in [1.82, 2.24) is 10.3 Å². The normalized spacial score (nSPS) is 28.5. The Balaban J connectivity index is 0.000000184. The highest BCUT2D eigenvalue weighted by Gasteiger charge is 2.42. The van der Waals surface area contributed by atoms with Crippen molar-refractivity contribution in [1.29, 1.82) is 0 Å². The van der Waals surface area contributed by atoms with Crippen LogP contribution in [0.3, 0.4) is 0 Å². The molecule has 3 atom stereocenters. The molecule has 140 heavy (non-hydrogen) atoms. The second-order valence-corrected chi connectivity index (χ2v) is 44.8. The van der Waals surface area contributed by atoms with Gasteiger partial charge >= 0.3 is 0 Å². The van der Waals surface area contributed by atoms with Crippen LogP contribution in [0.4, 0.5) is 0 Å². The zero-order valence-electron chi connectivity index (χ0n) is 94.4. The molecule has 1 saturated heterocycles. The number of hydrogen-bond donors (Lipinski definition) is 1. The average Bonchev–Trinajstić information content (AvgIpc) is 1.67. The molecule has 2 heterocycles. The zero-order valence-corrected chi connectivity index (χ0v) is 94.4. The Kier molecular flexibility index (Phi) is 62.0. The zero-order chi connectivity index (χ0) is 100.0. The molecule has 17 fully saturated rings. The number of hydrogen-bond acceptors (Lipinski definition) is 3. The summed E-state index contributed by atoms with van der Waals surface area (Å²) in [6.07, 6.45) is 103. The molecule has 3 unspecified atom stereocenters. The molecule has 3 nitrogen and oxygen atoms in total. The number of nitrogens with zero attached hydrogens (tertiary/aromatic N) is 1. The monoisotopic (exact) mass is 1910 g/mol.